The number of benzene rings is 1. The first-order chi connectivity index (χ1) is 7.75. The maximum atomic E-state index is 11.7. The zero-order chi connectivity index (χ0) is 11.1. The van der Waals surface area contributed by atoms with Crippen molar-refractivity contribution in [1.29, 1.82) is 0 Å². The Bertz CT molecular complexity index is 484. The summed E-state index contributed by atoms with van der Waals surface area (Å²) < 4.78 is 0. The Balaban J connectivity index is 2.11. The number of rotatable bonds is 0. The second-order valence-electron chi connectivity index (χ2n) is 4.15. The van der Waals surface area contributed by atoms with Crippen LogP contribution in [0.25, 0.3) is 0 Å². The molecular formula is C12H12N2OS. The Morgan fingerprint density at radius 1 is 1.44 bits per heavy atom. The van der Waals surface area contributed by atoms with Crippen LogP contribution in [0.3, 0.4) is 0 Å². The molecule has 1 saturated heterocycles. The van der Waals surface area contributed by atoms with E-state index in [1.54, 1.807) is 0 Å². The van der Waals surface area contributed by atoms with Crippen LogP contribution in [0.1, 0.15) is 18.4 Å². The van der Waals surface area contributed by atoms with Crippen molar-refractivity contribution in [1.82, 2.24) is 4.90 Å². The lowest BCUT2D eigenvalue weighted by atomic mass is 9.99. The van der Waals surface area contributed by atoms with Crippen LogP contribution in [0.15, 0.2) is 29.3 Å². The molecule has 0 saturated carbocycles. The van der Waals surface area contributed by atoms with Gasteiger partial charge in [0.1, 0.15) is 0 Å². The van der Waals surface area contributed by atoms with Crippen LogP contribution >= 0.6 is 11.8 Å². The topological polar surface area (TPSA) is 32.7 Å². The average Bonchev–Trinajstić information content (AvgIpc) is 2.56. The summed E-state index contributed by atoms with van der Waals surface area (Å²) in [5.74, 6) is 1.07. The summed E-state index contributed by atoms with van der Waals surface area (Å²) in [6, 6.07) is 8.14. The second kappa shape index (κ2) is 3.63. The molecule has 4 heteroatoms. The van der Waals surface area contributed by atoms with E-state index < -0.39 is 0 Å². The summed E-state index contributed by atoms with van der Waals surface area (Å²) in [5, 5.41) is 0.863. The maximum absolute atomic E-state index is 11.7. The molecule has 82 valence electrons. The first kappa shape index (κ1) is 9.90. The predicted molar refractivity (Wildman–Crippen MR) is 66.1 cm³/mol. The van der Waals surface area contributed by atoms with Gasteiger partial charge in [-0.1, -0.05) is 36.9 Å². The molecule has 1 unspecified atom stereocenters. The molecule has 1 aromatic carbocycles. The standard InChI is InChI=1S/C12H12N2OS/c1-8-6-14-11(15)7-16-12(14)13-10-5-3-2-4-9(8)10/h2-5,8H,6-7H2,1H3. The number of aliphatic imine (C=N–C) groups is 1. The molecule has 3 rings (SSSR count). The quantitative estimate of drug-likeness (QED) is 0.688. The lowest BCUT2D eigenvalue weighted by molar-refractivity contribution is -0.124. The molecule has 2 aliphatic heterocycles. The van der Waals surface area contributed by atoms with Crippen molar-refractivity contribution in [2.24, 2.45) is 4.99 Å². The number of nitrogens with zero attached hydrogens (tertiary/aromatic N) is 2. The third kappa shape index (κ3) is 1.45. The smallest absolute Gasteiger partial charge is 0.239 e. The van der Waals surface area contributed by atoms with Crippen LogP contribution in [0.5, 0.6) is 0 Å². The number of hydrogen-bond donors (Lipinski definition) is 0. The van der Waals surface area contributed by atoms with E-state index in [1.165, 1.54) is 17.3 Å². The van der Waals surface area contributed by atoms with Gasteiger partial charge in [0.15, 0.2) is 5.17 Å². The highest BCUT2D eigenvalue weighted by molar-refractivity contribution is 8.15. The van der Waals surface area contributed by atoms with Gasteiger partial charge < -0.3 is 0 Å². The van der Waals surface area contributed by atoms with Crippen molar-refractivity contribution in [2.75, 3.05) is 12.3 Å². The number of thioether (sulfide) groups is 1. The summed E-state index contributed by atoms with van der Waals surface area (Å²) >= 11 is 1.54. The molecule has 1 aromatic rings. The number of carbonyl (C=O) groups excluding carboxylic acids is 1. The molecule has 1 fully saturated rings. The molecule has 0 aromatic heterocycles. The predicted octanol–water partition coefficient (Wildman–Crippen LogP) is 2.37. The molecule has 1 atom stereocenters. The number of fused-ring (bicyclic) bond motifs is 2. The van der Waals surface area contributed by atoms with Crippen molar-refractivity contribution >= 4 is 28.5 Å². The third-order valence-corrected chi connectivity index (χ3v) is 3.96. The highest BCUT2D eigenvalue weighted by Gasteiger charge is 2.32. The Morgan fingerprint density at radius 3 is 3.12 bits per heavy atom. The van der Waals surface area contributed by atoms with E-state index in [4.69, 9.17) is 0 Å². The first-order valence-corrected chi connectivity index (χ1v) is 6.35. The Morgan fingerprint density at radius 2 is 2.25 bits per heavy atom. The fourth-order valence-electron chi connectivity index (χ4n) is 2.14. The van der Waals surface area contributed by atoms with Crippen LogP contribution in [-0.4, -0.2) is 28.3 Å². The normalized spacial score (nSPS) is 23.6. The first-order valence-electron chi connectivity index (χ1n) is 5.36. The molecule has 3 nitrogen and oxygen atoms in total. The third-order valence-electron chi connectivity index (χ3n) is 3.00. The molecule has 0 aliphatic carbocycles. The number of amidine groups is 1. The lowest BCUT2D eigenvalue weighted by Crippen LogP contribution is -2.31. The summed E-state index contributed by atoms with van der Waals surface area (Å²) in [7, 11) is 0. The van der Waals surface area contributed by atoms with Crippen LogP contribution < -0.4 is 0 Å². The van der Waals surface area contributed by atoms with Crippen molar-refractivity contribution in [3.05, 3.63) is 29.8 Å². The minimum absolute atomic E-state index is 0.184. The van der Waals surface area contributed by atoms with Gasteiger partial charge in [-0.15, -0.1) is 0 Å². The molecule has 0 spiro atoms. The van der Waals surface area contributed by atoms with E-state index in [0.717, 1.165) is 17.4 Å². The number of para-hydroxylation sites is 1. The van der Waals surface area contributed by atoms with Crippen LogP contribution in [-0.2, 0) is 4.79 Å². The fraction of sp³-hybridized carbons (Fsp3) is 0.333. The Hall–Kier alpha value is -1.29. The van der Waals surface area contributed by atoms with Crippen LogP contribution in [0.2, 0.25) is 0 Å². The molecular weight excluding hydrogens is 220 g/mol. The molecule has 0 N–H and O–H groups in total. The van der Waals surface area contributed by atoms with Crippen molar-refractivity contribution in [3.63, 3.8) is 0 Å². The van der Waals surface area contributed by atoms with Gasteiger partial charge in [-0.25, -0.2) is 4.99 Å². The van der Waals surface area contributed by atoms with E-state index in [2.05, 4.69) is 18.0 Å². The van der Waals surface area contributed by atoms with Gasteiger partial charge in [0, 0.05) is 12.5 Å². The van der Waals surface area contributed by atoms with Gasteiger partial charge >= 0.3 is 0 Å². The summed E-state index contributed by atoms with van der Waals surface area (Å²) in [4.78, 5) is 18.1. The van der Waals surface area contributed by atoms with Gasteiger partial charge in [-0.05, 0) is 11.6 Å². The fourth-order valence-corrected chi connectivity index (χ4v) is 3.05. The average molecular weight is 232 g/mol. The van der Waals surface area contributed by atoms with E-state index in [-0.39, 0.29) is 5.91 Å². The van der Waals surface area contributed by atoms with Crippen molar-refractivity contribution < 1.29 is 4.79 Å². The van der Waals surface area contributed by atoms with E-state index in [1.807, 2.05) is 23.1 Å². The highest BCUT2D eigenvalue weighted by Crippen LogP contribution is 2.34. The van der Waals surface area contributed by atoms with Crippen LogP contribution in [0, 0.1) is 0 Å². The molecule has 2 heterocycles. The van der Waals surface area contributed by atoms with Crippen molar-refractivity contribution in [3.8, 4) is 0 Å². The molecule has 0 radical (unpaired) electrons. The van der Waals surface area contributed by atoms with E-state index >= 15 is 0 Å². The molecule has 1 amide bonds. The second-order valence-corrected chi connectivity index (χ2v) is 5.09. The van der Waals surface area contributed by atoms with Crippen molar-refractivity contribution in [2.45, 2.75) is 12.8 Å². The SMILES string of the molecule is CC1CN2C(=O)CSC2=Nc2ccccc21. The minimum Gasteiger partial charge on any atom is -0.290 e. The van der Waals surface area contributed by atoms with E-state index in [9.17, 15) is 4.79 Å². The summed E-state index contributed by atoms with van der Waals surface area (Å²) in [6.45, 7) is 2.90. The summed E-state index contributed by atoms with van der Waals surface area (Å²) in [6.07, 6.45) is 0. The molecule has 16 heavy (non-hydrogen) atoms. The zero-order valence-corrected chi connectivity index (χ0v) is 9.83. The molecule has 2 aliphatic rings. The number of carbonyl (C=O) groups is 1. The van der Waals surface area contributed by atoms with Gasteiger partial charge in [0.25, 0.3) is 0 Å². The Kier molecular flexibility index (Phi) is 2.24. The largest absolute Gasteiger partial charge is 0.290 e. The number of amides is 1. The van der Waals surface area contributed by atoms with Gasteiger partial charge in [-0.2, -0.15) is 0 Å². The number of hydrogen-bond acceptors (Lipinski definition) is 3. The minimum atomic E-state index is 0.184. The maximum Gasteiger partial charge on any atom is 0.239 e. The zero-order valence-electron chi connectivity index (χ0n) is 9.01. The molecule has 0 bridgehead atoms. The highest BCUT2D eigenvalue weighted by atomic mass is 32.2. The van der Waals surface area contributed by atoms with Gasteiger partial charge in [0.2, 0.25) is 5.91 Å². The Labute approximate surface area is 98.5 Å². The van der Waals surface area contributed by atoms with Crippen LogP contribution in [0.4, 0.5) is 5.69 Å². The summed E-state index contributed by atoms with van der Waals surface area (Å²) in [5.41, 5.74) is 2.24. The van der Waals surface area contributed by atoms with Gasteiger partial charge in [0.05, 0.1) is 11.4 Å². The lowest BCUT2D eigenvalue weighted by Gasteiger charge is -2.17. The monoisotopic (exact) mass is 232 g/mol. The van der Waals surface area contributed by atoms with E-state index in [0.29, 0.717) is 11.7 Å². The van der Waals surface area contributed by atoms with Gasteiger partial charge in [-0.3, -0.25) is 9.69 Å².